The number of guanidine groups is 2. The molecule has 0 heterocycles. The zero-order valence-electron chi connectivity index (χ0n) is 27.7. The molecule has 0 unspecified atom stereocenters. The number of carbonyl (C=O) groups is 5. The van der Waals surface area contributed by atoms with Gasteiger partial charge in [0.05, 0.1) is 6.04 Å². The zero-order chi connectivity index (χ0) is 36.4. The van der Waals surface area contributed by atoms with Gasteiger partial charge in [0.1, 0.15) is 30.0 Å². The number of halogens is 1. The summed E-state index contributed by atoms with van der Waals surface area (Å²) in [5, 5.41) is 10.5. The van der Waals surface area contributed by atoms with Crippen LogP contribution in [0.15, 0.2) is 34.3 Å². The molecule has 0 saturated carbocycles. The molecule has 0 bridgehead atoms. The van der Waals surface area contributed by atoms with Crippen LogP contribution in [0.25, 0.3) is 0 Å². The van der Waals surface area contributed by atoms with Crippen molar-refractivity contribution in [2.75, 3.05) is 13.1 Å². The SMILES string of the molecule is CC(C)C[C@H](NC(=O)[C@H](CCCN=C(N)N)NC(=O)[C@H](Cc1ccc(F)cc1)NC(=O)[C@H](C)N)C(=O)N[C@@H](CCCN=C(N)N)C(N)=O. The summed E-state index contributed by atoms with van der Waals surface area (Å²) in [6, 6.07) is -0.163. The van der Waals surface area contributed by atoms with Crippen LogP contribution in [0.5, 0.6) is 0 Å². The van der Waals surface area contributed by atoms with Crippen molar-refractivity contribution in [2.24, 2.45) is 50.3 Å². The molecule has 0 spiro atoms. The first-order valence-electron chi connectivity index (χ1n) is 15.6. The van der Waals surface area contributed by atoms with E-state index in [0.717, 1.165) is 0 Å². The second-order valence-electron chi connectivity index (χ2n) is 11.8. The number of amides is 5. The lowest BCUT2D eigenvalue weighted by atomic mass is 10.0. The highest BCUT2D eigenvalue weighted by atomic mass is 19.1. The molecule has 0 fully saturated rings. The Balaban J connectivity index is 3.25. The van der Waals surface area contributed by atoms with Crippen LogP contribution in [0.4, 0.5) is 4.39 Å². The first-order chi connectivity index (χ1) is 22.5. The third kappa shape index (κ3) is 16.5. The Hall–Kier alpha value is -5.00. The Morgan fingerprint density at radius 2 is 1.10 bits per heavy atom. The molecule has 0 radical (unpaired) electrons. The lowest BCUT2D eigenvalue weighted by molar-refractivity contribution is -0.134. The number of aliphatic imine (C=N–C) groups is 2. The summed E-state index contributed by atoms with van der Waals surface area (Å²) in [4.78, 5) is 72.9. The maximum atomic E-state index is 13.7. The van der Waals surface area contributed by atoms with E-state index >= 15 is 0 Å². The summed E-state index contributed by atoms with van der Waals surface area (Å²) < 4.78 is 13.5. The number of rotatable bonds is 21. The summed E-state index contributed by atoms with van der Waals surface area (Å²) in [5.41, 5.74) is 33.2. The standard InChI is InChI=1S/C30H51FN12O5/c1-16(2)14-22(27(47)40-20(24(33)44)6-4-12-38-29(34)35)43-26(46)21(7-5-13-39-30(36)37)41-28(48)23(42-25(45)17(3)32)15-18-8-10-19(31)11-9-18/h8-11,16-17,20-23H,4-7,12-15,32H2,1-3H3,(H2,33,44)(H,40,47)(H,41,48)(H,42,45)(H,43,46)(H4,34,35,38)(H4,36,37,39)/t17-,20-,21-,22-,23-/m0/s1. The van der Waals surface area contributed by atoms with Crippen LogP contribution < -0.4 is 55.7 Å². The Bertz CT molecular complexity index is 1280. The highest BCUT2D eigenvalue weighted by molar-refractivity contribution is 5.95. The van der Waals surface area contributed by atoms with Gasteiger partial charge < -0.3 is 55.7 Å². The first kappa shape index (κ1) is 41.0. The summed E-state index contributed by atoms with van der Waals surface area (Å²) in [6.45, 7) is 5.46. The van der Waals surface area contributed by atoms with E-state index in [9.17, 15) is 28.4 Å². The highest BCUT2D eigenvalue weighted by Gasteiger charge is 2.31. The summed E-state index contributed by atoms with van der Waals surface area (Å²) in [5.74, 6) is -4.34. The molecule has 1 rings (SSSR count). The van der Waals surface area contributed by atoms with Gasteiger partial charge in [-0.2, -0.15) is 0 Å². The van der Waals surface area contributed by atoms with Crippen molar-refractivity contribution < 1.29 is 28.4 Å². The molecular formula is C30H51FN12O5. The lowest BCUT2D eigenvalue weighted by Crippen LogP contribution is -2.59. The van der Waals surface area contributed by atoms with Crippen LogP contribution in [0.2, 0.25) is 0 Å². The molecule has 5 amide bonds. The number of nitrogens with two attached hydrogens (primary N) is 6. The monoisotopic (exact) mass is 678 g/mol. The second kappa shape index (κ2) is 21.0. The average molecular weight is 679 g/mol. The summed E-state index contributed by atoms with van der Waals surface area (Å²) >= 11 is 0. The molecule has 18 heteroatoms. The van der Waals surface area contributed by atoms with E-state index in [0.29, 0.717) is 12.0 Å². The predicted octanol–water partition coefficient (Wildman–Crippen LogP) is -2.71. The number of nitrogens with zero attached hydrogens (tertiary/aromatic N) is 2. The molecule has 48 heavy (non-hydrogen) atoms. The fourth-order valence-corrected chi connectivity index (χ4v) is 4.45. The van der Waals surface area contributed by atoms with Gasteiger partial charge in [0, 0.05) is 19.5 Å². The fourth-order valence-electron chi connectivity index (χ4n) is 4.45. The lowest BCUT2D eigenvalue weighted by Gasteiger charge is -2.27. The van der Waals surface area contributed by atoms with Crippen LogP contribution in [0, 0.1) is 11.7 Å². The zero-order valence-corrected chi connectivity index (χ0v) is 27.7. The molecule has 0 saturated heterocycles. The molecule has 0 aromatic heterocycles. The number of nitrogens with one attached hydrogen (secondary N) is 4. The molecule has 16 N–H and O–H groups in total. The topological polar surface area (TPSA) is 314 Å². The van der Waals surface area contributed by atoms with E-state index in [2.05, 4.69) is 31.3 Å². The van der Waals surface area contributed by atoms with Crippen molar-refractivity contribution >= 4 is 41.5 Å². The average Bonchev–Trinajstić information content (AvgIpc) is 2.99. The molecule has 1 aromatic rings. The van der Waals surface area contributed by atoms with Crippen LogP contribution in [-0.2, 0) is 30.4 Å². The van der Waals surface area contributed by atoms with Gasteiger partial charge in [0.15, 0.2) is 11.9 Å². The van der Waals surface area contributed by atoms with E-state index in [1.54, 1.807) is 0 Å². The first-order valence-corrected chi connectivity index (χ1v) is 15.6. The van der Waals surface area contributed by atoms with Gasteiger partial charge in [-0.15, -0.1) is 0 Å². The normalized spacial score (nSPS) is 14.0. The van der Waals surface area contributed by atoms with Gasteiger partial charge in [0.25, 0.3) is 0 Å². The van der Waals surface area contributed by atoms with Crippen molar-refractivity contribution in [3.8, 4) is 0 Å². The Labute approximate surface area is 279 Å². The van der Waals surface area contributed by atoms with Gasteiger partial charge >= 0.3 is 0 Å². The van der Waals surface area contributed by atoms with Crippen LogP contribution in [0.1, 0.15) is 58.4 Å². The van der Waals surface area contributed by atoms with Crippen molar-refractivity contribution in [1.82, 2.24) is 21.3 Å². The summed E-state index contributed by atoms with van der Waals surface area (Å²) in [7, 11) is 0. The number of benzene rings is 1. The smallest absolute Gasteiger partial charge is 0.243 e. The van der Waals surface area contributed by atoms with Crippen molar-refractivity contribution in [2.45, 2.75) is 89.5 Å². The minimum Gasteiger partial charge on any atom is -0.370 e. The molecule has 0 aliphatic carbocycles. The van der Waals surface area contributed by atoms with Crippen molar-refractivity contribution in [3.05, 3.63) is 35.6 Å². The number of primary amides is 1. The second-order valence-corrected chi connectivity index (χ2v) is 11.8. The largest absolute Gasteiger partial charge is 0.370 e. The van der Waals surface area contributed by atoms with Crippen LogP contribution in [-0.4, -0.2) is 84.8 Å². The maximum absolute atomic E-state index is 13.7. The highest BCUT2D eigenvalue weighted by Crippen LogP contribution is 2.10. The van der Waals surface area contributed by atoms with Gasteiger partial charge in [-0.25, -0.2) is 4.39 Å². The van der Waals surface area contributed by atoms with Gasteiger partial charge in [-0.05, 0) is 62.6 Å². The number of hydrogen-bond acceptors (Lipinski definition) is 8. The van der Waals surface area contributed by atoms with E-state index in [4.69, 9.17) is 34.4 Å². The Morgan fingerprint density at radius 1 is 0.667 bits per heavy atom. The van der Waals surface area contributed by atoms with Crippen molar-refractivity contribution in [3.63, 3.8) is 0 Å². The van der Waals surface area contributed by atoms with Gasteiger partial charge in [-0.1, -0.05) is 26.0 Å². The Kier molecular flexibility index (Phi) is 17.9. The molecule has 0 aliphatic rings. The van der Waals surface area contributed by atoms with Gasteiger partial charge in [-0.3, -0.25) is 34.0 Å². The molecule has 5 atom stereocenters. The minimum absolute atomic E-state index is 0.0387. The van der Waals surface area contributed by atoms with E-state index in [1.807, 2.05) is 13.8 Å². The van der Waals surface area contributed by atoms with Crippen LogP contribution in [0.3, 0.4) is 0 Å². The predicted molar refractivity (Wildman–Crippen MR) is 180 cm³/mol. The number of carbonyl (C=O) groups excluding carboxylic acids is 5. The van der Waals surface area contributed by atoms with E-state index in [1.165, 1.54) is 31.2 Å². The molecule has 1 aromatic carbocycles. The third-order valence-corrected chi connectivity index (χ3v) is 6.92. The van der Waals surface area contributed by atoms with Crippen LogP contribution >= 0.6 is 0 Å². The maximum Gasteiger partial charge on any atom is 0.243 e. The molecular weight excluding hydrogens is 627 g/mol. The Morgan fingerprint density at radius 3 is 1.58 bits per heavy atom. The fraction of sp³-hybridized carbons (Fsp3) is 0.567. The van der Waals surface area contributed by atoms with E-state index in [-0.39, 0.29) is 63.0 Å². The van der Waals surface area contributed by atoms with Gasteiger partial charge in [0.2, 0.25) is 29.5 Å². The molecule has 17 nitrogen and oxygen atoms in total. The third-order valence-electron chi connectivity index (χ3n) is 6.92. The number of hydrogen-bond donors (Lipinski definition) is 10. The molecule has 268 valence electrons. The minimum atomic E-state index is -1.20. The van der Waals surface area contributed by atoms with Crippen molar-refractivity contribution in [1.29, 1.82) is 0 Å². The summed E-state index contributed by atoms with van der Waals surface area (Å²) in [6.07, 6.45) is 0.934. The van der Waals surface area contributed by atoms with E-state index < -0.39 is 65.6 Å². The quantitative estimate of drug-likeness (QED) is 0.0364. The molecule has 0 aliphatic heterocycles.